The molecule has 0 spiro atoms. The first-order valence-electron chi connectivity index (χ1n) is 4.74. The molecule has 3 heteroatoms. The molecule has 0 aliphatic carbocycles. The van der Waals surface area contributed by atoms with Crippen molar-refractivity contribution in [3.8, 4) is 0 Å². The molecule has 2 rings (SSSR count). The smallest absolute Gasteiger partial charge is 0.128 e. The van der Waals surface area contributed by atoms with E-state index in [9.17, 15) is 0 Å². The summed E-state index contributed by atoms with van der Waals surface area (Å²) in [5.74, 6) is 0. The van der Waals surface area contributed by atoms with Crippen LogP contribution >= 0.6 is 23.2 Å². The van der Waals surface area contributed by atoms with Crippen molar-refractivity contribution in [1.82, 2.24) is 4.57 Å². The number of halogens is 2. The summed E-state index contributed by atoms with van der Waals surface area (Å²) >= 11 is 12.6. The highest BCUT2D eigenvalue weighted by Crippen LogP contribution is 2.35. The Bertz CT molecular complexity index is 397. The molecule has 78 valence electrons. The SMILES string of the molecule is ClC(c1ccccc1)C(Cl)n1cccc1. The van der Waals surface area contributed by atoms with Gasteiger partial charge in [0.25, 0.3) is 0 Å². The Morgan fingerprint density at radius 3 is 2.07 bits per heavy atom. The third kappa shape index (κ3) is 2.36. The molecule has 2 aromatic rings. The lowest BCUT2D eigenvalue weighted by molar-refractivity contribution is 0.649. The standard InChI is InChI=1S/C12H11Cl2N/c13-11(10-6-2-1-3-7-10)12(14)15-8-4-5-9-15/h1-9,11-12H. The highest BCUT2D eigenvalue weighted by molar-refractivity contribution is 6.28. The van der Waals surface area contributed by atoms with E-state index in [0.717, 1.165) is 5.56 Å². The summed E-state index contributed by atoms with van der Waals surface area (Å²) in [6, 6.07) is 13.7. The Hall–Kier alpha value is -0.920. The zero-order valence-corrected chi connectivity index (χ0v) is 9.57. The summed E-state index contributed by atoms with van der Waals surface area (Å²) in [4.78, 5) is 0. The van der Waals surface area contributed by atoms with Gasteiger partial charge in [0.2, 0.25) is 0 Å². The van der Waals surface area contributed by atoms with Crippen molar-refractivity contribution in [2.75, 3.05) is 0 Å². The summed E-state index contributed by atoms with van der Waals surface area (Å²) < 4.78 is 1.90. The minimum absolute atomic E-state index is 0.222. The number of hydrogen-bond acceptors (Lipinski definition) is 0. The van der Waals surface area contributed by atoms with Gasteiger partial charge >= 0.3 is 0 Å². The van der Waals surface area contributed by atoms with E-state index < -0.39 is 0 Å². The molecule has 1 nitrogen and oxygen atoms in total. The molecule has 0 saturated heterocycles. The van der Waals surface area contributed by atoms with Gasteiger partial charge in [-0.25, -0.2) is 0 Å². The molecule has 0 aliphatic rings. The van der Waals surface area contributed by atoms with Gasteiger partial charge in [0, 0.05) is 12.4 Å². The van der Waals surface area contributed by atoms with Gasteiger partial charge in [-0.2, -0.15) is 0 Å². The fourth-order valence-corrected chi connectivity index (χ4v) is 2.01. The van der Waals surface area contributed by atoms with Crippen LogP contribution in [0, 0.1) is 0 Å². The molecule has 1 aromatic heterocycles. The average molecular weight is 240 g/mol. The predicted octanol–water partition coefficient (Wildman–Crippen LogP) is 4.21. The second-order valence-corrected chi connectivity index (χ2v) is 4.23. The van der Waals surface area contributed by atoms with Crippen molar-refractivity contribution in [3.05, 3.63) is 60.4 Å². The summed E-state index contributed by atoms with van der Waals surface area (Å²) in [7, 11) is 0. The Morgan fingerprint density at radius 2 is 1.47 bits per heavy atom. The van der Waals surface area contributed by atoms with Crippen molar-refractivity contribution >= 4 is 23.2 Å². The van der Waals surface area contributed by atoms with E-state index in [2.05, 4.69) is 0 Å². The number of aromatic nitrogens is 1. The Morgan fingerprint density at radius 1 is 0.867 bits per heavy atom. The van der Waals surface area contributed by atoms with Crippen LogP contribution in [-0.2, 0) is 0 Å². The maximum absolute atomic E-state index is 6.30. The quantitative estimate of drug-likeness (QED) is 0.708. The molecule has 15 heavy (non-hydrogen) atoms. The van der Waals surface area contributed by atoms with Gasteiger partial charge in [-0.15, -0.1) is 11.6 Å². The van der Waals surface area contributed by atoms with Gasteiger partial charge in [-0.05, 0) is 17.7 Å². The Kier molecular flexibility index (Phi) is 3.34. The maximum atomic E-state index is 6.30. The van der Waals surface area contributed by atoms with Crippen LogP contribution in [0.2, 0.25) is 0 Å². The average Bonchev–Trinajstić information content (AvgIpc) is 2.82. The largest absolute Gasteiger partial charge is 0.336 e. The lowest BCUT2D eigenvalue weighted by atomic mass is 10.1. The van der Waals surface area contributed by atoms with Crippen molar-refractivity contribution in [2.45, 2.75) is 10.9 Å². The molecular weight excluding hydrogens is 229 g/mol. The van der Waals surface area contributed by atoms with Crippen LogP contribution in [-0.4, -0.2) is 4.57 Å². The minimum Gasteiger partial charge on any atom is -0.336 e. The molecule has 0 aliphatic heterocycles. The van der Waals surface area contributed by atoms with E-state index in [-0.39, 0.29) is 10.9 Å². The highest BCUT2D eigenvalue weighted by atomic mass is 35.5. The molecule has 0 fully saturated rings. The van der Waals surface area contributed by atoms with Gasteiger partial charge < -0.3 is 4.57 Å². The summed E-state index contributed by atoms with van der Waals surface area (Å²) in [6.07, 6.45) is 3.83. The predicted molar refractivity (Wildman–Crippen MR) is 64.4 cm³/mol. The van der Waals surface area contributed by atoms with E-state index in [1.54, 1.807) is 0 Å². The van der Waals surface area contributed by atoms with Gasteiger partial charge in [-0.3, -0.25) is 0 Å². The lowest BCUT2D eigenvalue weighted by Crippen LogP contribution is -2.06. The fourth-order valence-electron chi connectivity index (χ4n) is 1.46. The molecule has 1 heterocycles. The van der Waals surface area contributed by atoms with Crippen molar-refractivity contribution in [3.63, 3.8) is 0 Å². The molecule has 0 N–H and O–H groups in total. The van der Waals surface area contributed by atoms with Crippen LogP contribution in [0.15, 0.2) is 54.9 Å². The maximum Gasteiger partial charge on any atom is 0.128 e. The monoisotopic (exact) mass is 239 g/mol. The van der Waals surface area contributed by atoms with E-state index in [1.165, 1.54) is 0 Å². The molecule has 1 aromatic carbocycles. The molecule has 0 bridgehead atoms. The molecule has 2 unspecified atom stereocenters. The normalized spacial score (nSPS) is 14.8. The van der Waals surface area contributed by atoms with E-state index in [1.807, 2.05) is 59.4 Å². The second-order valence-electron chi connectivity index (χ2n) is 3.32. The van der Waals surface area contributed by atoms with Crippen LogP contribution in [0.1, 0.15) is 16.4 Å². The molecule has 0 saturated carbocycles. The van der Waals surface area contributed by atoms with Crippen molar-refractivity contribution in [2.24, 2.45) is 0 Å². The topological polar surface area (TPSA) is 4.93 Å². The third-order valence-corrected chi connectivity index (χ3v) is 3.37. The molecule has 2 atom stereocenters. The van der Waals surface area contributed by atoms with Crippen LogP contribution < -0.4 is 0 Å². The first kappa shape index (κ1) is 10.6. The zero-order valence-electron chi connectivity index (χ0n) is 8.05. The molecule has 0 amide bonds. The highest BCUT2D eigenvalue weighted by Gasteiger charge is 2.18. The summed E-state index contributed by atoms with van der Waals surface area (Å²) in [5.41, 5.74) is 0.775. The van der Waals surface area contributed by atoms with E-state index in [0.29, 0.717) is 0 Å². The van der Waals surface area contributed by atoms with Gasteiger partial charge in [0.15, 0.2) is 0 Å². The van der Waals surface area contributed by atoms with Gasteiger partial charge in [-0.1, -0.05) is 41.9 Å². The Labute approximate surface area is 99.2 Å². The minimum atomic E-state index is -0.260. The second kappa shape index (κ2) is 4.73. The summed E-state index contributed by atoms with van der Waals surface area (Å²) in [5, 5.41) is -0.222. The zero-order chi connectivity index (χ0) is 10.7. The van der Waals surface area contributed by atoms with Crippen molar-refractivity contribution in [1.29, 1.82) is 0 Å². The van der Waals surface area contributed by atoms with Gasteiger partial charge in [0.05, 0.1) is 5.38 Å². The number of benzene rings is 1. The first-order valence-corrected chi connectivity index (χ1v) is 5.62. The number of nitrogens with zero attached hydrogens (tertiary/aromatic N) is 1. The van der Waals surface area contributed by atoms with Crippen LogP contribution in [0.4, 0.5) is 0 Å². The molecule has 0 radical (unpaired) electrons. The lowest BCUT2D eigenvalue weighted by Gasteiger charge is -2.17. The van der Waals surface area contributed by atoms with E-state index in [4.69, 9.17) is 23.2 Å². The number of alkyl halides is 2. The van der Waals surface area contributed by atoms with Crippen LogP contribution in [0.25, 0.3) is 0 Å². The van der Waals surface area contributed by atoms with E-state index >= 15 is 0 Å². The summed E-state index contributed by atoms with van der Waals surface area (Å²) in [6.45, 7) is 0. The number of rotatable bonds is 3. The third-order valence-electron chi connectivity index (χ3n) is 2.27. The Balaban J connectivity index is 2.18. The van der Waals surface area contributed by atoms with Crippen LogP contribution in [0.3, 0.4) is 0 Å². The fraction of sp³-hybridized carbons (Fsp3) is 0.167. The molecular formula is C12H11Cl2N. The van der Waals surface area contributed by atoms with Crippen LogP contribution in [0.5, 0.6) is 0 Å². The van der Waals surface area contributed by atoms with Crippen molar-refractivity contribution < 1.29 is 0 Å². The van der Waals surface area contributed by atoms with Gasteiger partial charge in [0.1, 0.15) is 5.50 Å². The first-order chi connectivity index (χ1) is 7.29. The number of hydrogen-bond donors (Lipinski definition) is 0.